The number of benzene rings is 1. The van der Waals surface area contributed by atoms with Crippen LogP contribution in [0.5, 0.6) is 5.75 Å². The lowest BCUT2D eigenvalue weighted by Crippen LogP contribution is -1.86. The van der Waals surface area contributed by atoms with Gasteiger partial charge in [-0.15, -0.1) is 0 Å². The van der Waals surface area contributed by atoms with Gasteiger partial charge in [-0.2, -0.15) is 0 Å². The van der Waals surface area contributed by atoms with Crippen LogP contribution in [-0.4, -0.2) is 15.1 Å². The maximum Gasteiger partial charge on any atom is 0.142 e. The molecule has 0 radical (unpaired) electrons. The third-order valence-electron chi connectivity index (χ3n) is 2.93. The van der Waals surface area contributed by atoms with Gasteiger partial charge >= 0.3 is 0 Å². The van der Waals surface area contributed by atoms with Crippen LogP contribution in [0, 0.1) is 0 Å². The summed E-state index contributed by atoms with van der Waals surface area (Å²) in [6, 6.07) is 15.1. The zero-order valence-corrected chi connectivity index (χ0v) is 10.2. The average molecular weight is 248 g/mol. The van der Waals surface area contributed by atoms with Crippen molar-refractivity contribution >= 4 is 0 Å². The van der Waals surface area contributed by atoms with Gasteiger partial charge in [-0.3, -0.25) is 9.97 Å². The van der Waals surface area contributed by atoms with E-state index in [1.165, 1.54) is 0 Å². The summed E-state index contributed by atoms with van der Waals surface area (Å²) < 4.78 is 0. The Balaban J connectivity index is 2.04. The van der Waals surface area contributed by atoms with E-state index < -0.39 is 0 Å². The highest BCUT2D eigenvalue weighted by molar-refractivity contribution is 5.71. The predicted octanol–water partition coefficient (Wildman–Crippen LogP) is 3.52. The molecule has 1 aromatic carbocycles. The fourth-order valence-corrected chi connectivity index (χ4v) is 1.97. The molecule has 0 aliphatic carbocycles. The molecule has 0 aliphatic rings. The Morgan fingerprint density at radius 1 is 0.789 bits per heavy atom. The van der Waals surface area contributed by atoms with Crippen LogP contribution in [0.1, 0.15) is 0 Å². The smallest absolute Gasteiger partial charge is 0.142 e. The first-order chi connectivity index (χ1) is 9.34. The van der Waals surface area contributed by atoms with Crippen molar-refractivity contribution in [2.75, 3.05) is 0 Å². The fraction of sp³-hybridized carbons (Fsp3) is 0. The standard InChI is InChI=1S/C16H12N2O/c19-15-10-14(12-6-8-17-9-7-12)11-18-16(15)13-4-2-1-3-5-13/h1-11,19H. The highest BCUT2D eigenvalue weighted by Gasteiger charge is 2.07. The summed E-state index contributed by atoms with van der Waals surface area (Å²) >= 11 is 0. The Bertz CT molecular complexity index is 682. The molecule has 3 aromatic rings. The molecule has 0 saturated carbocycles. The minimum atomic E-state index is 0.181. The quantitative estimate of drug-likeness (QED) is 0.754. The molecule has 3 rings (SSSR count). The number of nitrogens with zero attached hydrogens (tertiary/aromatic N) is 2. The maximum atomic E-state index is 10.1. The molecule has 3 nitrogen and oxygen atoms in total. The summed E-state index contributed by atoms with van der Waals surface area (Å²) in [5.41, 5.74) is 3.36. The Morgan fingerprint density at radius 2 is 1.53 bits per heavy atom. The molecule has 0 spiro atoms. The Hall–Kier alpha value is -2.68. The van der Waals surface area contributed by atoms with Crippen molar-refractivity contribution in [3.63, 3.8) is 0 Å². The monoisotopic (exact) mass is 248 g/mol. The molecule has 0 atom stereocenters. The summed E-state index contributed by atoms with van der Waals surface area (Å²) in [5, 5.41) is 10.1. The number of aromatic hydroxyl groups is 1. The second-order valence-corrected chi connectivity index (χ2v) is 4.19. The number of hydrogen-bond acceptors (Lipinski definition) is 3. The van der Waals surface area contributed by atoms with Crippen molar-refractivity contribution < 1.29 is 5.11 Å². The molecule has 0 bridgehead atoms. The van der Waals surface area contributed by atoms with Gasteiger partial charge in [-0.25, -0.2) is 0 Å². The largest absolute Gasteiger partial charge is 0.506 e. The van der Waals surface area contributed by atoms with Gasteiger partial charge in [0.05, 0.1) is 0 Å². The molecule has 0 amide bonds. The molecule has 0 fully saturated rings. The number of aromatic nitrogens is 2. The van der Waals surface area contributed by atoms with E-state index in [9.17, 15) is 5.11 Å². The highest BCUT2D eigenvalue weighted by atomic mass is 16.3. The number of hydrogen-bond donors (Lipinski definition) is 1. The Labute approximate surface area is 111 Å². The van der Waals surface area contributed by atoms with Crippen LogP contribution in [0.3, 0.4) is 0 Å². The second kappa shape index (κ2) is 4.90. The molecule has 0 unspecified atom stereocenters. The van der Waals surface area contributed by atoms with Crippen LogP contribution in [0.25, 0.3) is 22.4 Å². The normalized spacial score (nSPS) is 10.3. The fourth-order valence-electron chi connectivity index (χ4n) is 1.97. The molecule has 1 N–H and O–H groups in total. The van der Waals surface area contributed by atoms with Crippen molar-refractivity contribution in [2.24, 2.45) is 0 Å². The van der Waals surface area contributed by atoms with Crippen LogP contribution < -0.4 is 0 Å². The van der Waals surface area contributed by atoms with Gasteiger partial charge in [-0.1, -0.05) is 30.3 Å². The molecule has 92 valence electrons. The summed E-state index contributed by atoms with van der Waals surface area (Å²) in [5.74, 6) is 0.181. The Morgan fingerprint density at radius 3 is 2.21 bits per heavy atom. The van der Waals surface area contributed by atoms with E-state index in [0.717, 1.165) is 16.7 Å². The van der Waals surface area contributed by atoms with Crippen molar-refractivity contribution in [1.82, 2.24) is 9.97 Å². The van der Waals surface area contributed by atoms with Gasteiger partial charge in [0.1, 0.15) is 11.4 Å². The summed E-state index contributed by atoms with van der Waals surface area (Å²) in [4.78, 5) is 8.33. The van der Waals surface area contributed by atoms with E-state index in [2.05, 4.69) is 9.97 Å². The van der Waals surface area contributed by atoms with Crippen LogP contribution in [0.15, 0.2) is 67.1 Å². The highest BCUT2D eigenvalue weighted by Crippen LogP contribution is 2.30. The van der Waals surface area contributed by atoms with Gasteiger partial charge in [0.25, 0.3) is 0 Å². The van der Waals surface area contributed by atoms with Gasteiger partial charge in [-0.05, 0) is 23.8 Å². The SMILES string of the molecule is Oc1cc(-c2ccncc2)cnc1-c1ccccc1. The molecular weight excluding hydrogens is 236 g/mol. The van der Waals surface area contributed by atoms with E-state index in [4.69, 9.17) is 0 Å². The summed E-state index contributed by atoms with van der Waals surface area (Å²) in [7, 11) is 0. The van der Waals surface area contributed by atoms with Crippen LogP contribution in [-0.2, 0) is 0 Å². The third-order valence-corrected chi connectivity index (χ3v) is 2.93. The Kier molecular flexibility index (Phi) is 2.94. The van der Waals surface area contributed by atoms with Crippen molar-refractivity contribution in [3.05, 3.63) is 67.1 Å². The van der Waals surface area contributed by atoms with Gasteiger partial charge in [0.15, 0.2) is 0 Å². The molecule has 2 heterocycles. The molecule has 2 aromatic heterocycles. The number of rotatable bonds is 2. The van der Waals surface area contributed by atoms with Crippen molar-refractivity contribution in [1.29, 1.82) is 0 Å². The van der Waals surface area contributed by atoms with E-state index >= 15 is 0 Å². The minimum Gasteiger partial charge on any atom is -0.506 e. The lowest BCUT2D eigenvalue weighted by molar-refractivity contribution is 0.475. The van der Waals surface area contributed by atoms with Gasteiger partial charge < -0.3 is 5.11 Å². The lowest BCUT2D eigenvalue weighted by Gasteiger charge is -2.06. The molecule has 0 aliphatic heterocycles. The minimum absolute atomic E-state index is 0.181. The molecule has 0 saturated heterocycles. The van der Waals surface area contributed by atoms with E-state index in [1.807, 2.05) is 42.5 Å². The van der Waals surface area contributed by atoms with Crippen LogP contribution in [0.2, 0.25) is 0 Å². The van der Waals surface area contributed by atoms with E-state index in [-0.39, 0.29) is 5.75 Å². The van der Waals surface area contributed by atoms with E-state index in [0.29, 0.717) is 5.69 Å². The van der Waals surface area contributed by atoms with Crippen LogP contribution in [0.4, 0.5) is 0 Å². The zero-order chi connectivity index (χ0) is 13.1. The third kappa shape index (κ3) is 2.31. The first-order valence-corrected chi connectivity index (χ1v) is 5.99. The zero-order valence-electron chi connectivity index (χ0n) is 10.2. The van der Waals surface area contributed by atoms with Crippen molar-refractivity contribution in [3.8, 4) is 28.1 Å². The van der Waals surface area contributed by atoms with Crippen LogP contribution >= 0.6 is 0 Å². The van der Waals surface area contributed by atoms with Gasteiger partial charge in [0, 0.05) is 29.7 Å². The van der Waals surface area contributed by atoms with Gasteiger partial charge in [0.2, 0.25) is 0 Å². The molecule has 3 heteroatoms. The molecule has 19 heavy (non-hydrogen) atoms. The topological polar surface area (TPSA) is 46.0 Å². The number of pyridine rings is 2. The van der Waals surface area contributed by atoms with E-state index in [1.54, 1.807) is 24.7 Å². The molecular formula is C16H12N2O. The summed E-state index contributed by atoms with van der Waals surface area (Å²) in [6.45, 7) is 0. The summed E-state index contributed by atoms with van der Waals surface area (Å²) in [6.07, 6.45) is 5.20. The lowest BCUT2D eigenvalue weighted by atomic mass is 10.1. The first kappa shape index (κ1) is 11.4. The predicted molar refractivity (Wildman–Crippen MR) is 74.6 cm³/mol. The maximum absolute atomic E-state index is 10.1. The first-order valence-electron chi connectivity index (χ1n) is 5.99. The average Bonchev–Trinajstić information content (AvgIpc) is 2.49. The second-order valence-electron chi connectivity index (χ2n) is 4.19. The van der Waals surface area contributed by atoms with Crippen molar-refractivity contribution in [2.45, 2.75) is 0 Å².